The van der Waals surface area contributed by atoms with E-state index in [9.17, 15) is 4.79 Å². The van der Waals surface area contributed by atoms with Crippen molar-refractivity contribution in [2.24, 2.45) is 0 Å². The van der Waals surface area contributed by atoms with E-state index in [1.54, 1.807) is 18.0 Å². The molecule has 1 atom stereocenters. The number of rotatable bonds is 5. The smallest absolute Gasteiger partial charge is 0.210 e. The lowest BCUT2D eigenvalue weighted by molar-refractivity contribution is 0.0582. The summed E-state index contributed by atoms with van der Waals surface area (Å²) in [6.45, 7) is 5.91. The molecular formula is C11H17BrN2O2. The number of hydrogen-bond donors (Lipinski definition) is 0. The van der Waals surface area contributed by atoms with Crippen LogP contribution in [0.15, 0.2) is 10.7 Å². The van der Waals surface area contributed by atoms with Gasteiger partial charge in [-0.25, -0.2) is 0 Å². The van der Waals surface area contributed by atoms with Crippen LogP contribution in [0, 0.1) is 0 Å². The lowest BCUT2D eigenvalue weighted by Crippen LogP contribution is -2.26. The average molecular weight is 289 g/mol. The van der Waals surface area contributed by atoms with Gasteiger partial charge in [0.25, 0.3) is 0 Å². The Bertz CT molecular complexity index is 370. The Morgan fingerprint density at radius 2 is 2.25 bits per heavy atom. The van der Waals surface area contributed by atoms with Gasteiger partial charge in [0.15, 0.2) is 0 Å². The van der Waals surface area contributed by atoms with Crippen molar-refractivity contribution in [3.63, 3.8) is 0 Å². The number of methoxy groups -OCH3 is 1. The summed E-state index contributed by atoms with van der Waals surface area (Å²) >= 11 is 3.35. The zero-order chi connectivity index (χ0) is 12.3. The van der Waals surface area contributed by atoms with Crippen molar-refractivity contribution in [1.29, 1.82) is 0 Å². The summed E-state index contributed by atoms with van der Waals surface area (Å²) in [5.74, 6) is -0.0249. The van der Waals surface area contributed by atoms with Crippen LogP contribution in [0.5, 0.6) is 0 Å². The predicted molar refractivity (Wildman–Crippen MR) is 65.7 cm³/mol. The quantitative estimate of drug-likeness (QED) is 0.783. The highest BCUT2D eigenvalue weighted by Gasteiger charge is 2.25. The fourth-order valence-electron chi connectivity index (χ4n) is 1.57. The second-order valence-corrected chi connectivity index (χ2v) is 4.73. The molecule has 0 spiro atoms. The minimum atomic E-state index is -0.398. The van der Waals surface area contributed by atoms with E-state index in [1.165, 1.54) is 0 Å². The third-order valence-corrected chi connectivity index (χ3v) is 3.00. The van der Waals surface area contributed by atoms with Crippen LogP contribution in [0.2, 0.25) is 0 Å². The molecule has 0 saturated heterocycles. The number of hydrogen-bond acceptors (Lipinski definition) is 3. The lowest BCUT2D eigenvalue weighted by Gasteiger charge is -2.15. The van der Waals surface area contributed by atoms with Crippen molar-refractivity contribution in [2.45, 2.75) is 39.3 Å². The van der Waals surface area contributed by atoms with Crippen LogP contribution in [-0.2, 0) is 4.74 Å². The van der Waals surface area contributed by atoms with E-state index in [4.69, 9.17) is 4.74 Å². The Balaban J connectivity index is 3.11. The number of carbonyl (C=O) groups is 1. The van der Waals surface area contributed by atoms with E-state index in [1.807, 2.05) is 20.8 Å². The predicted octanol–water partition coefficient (Wildman–Crippen LogP) is 2.83. The Morgan fingerprint density at radius 1 is 1.62 bits per heavy atom. The van der Waals surface area contributed by atoms with Crippen LogP contribution in [0.3, 0.4) is 0 Å². The van der Waals surface area contributed by atoms with Gasteiger partial charge < -0.3 is 4.74 Å². The van der Waals surface area contributed by atoms with Crippen molar-refractivity contribution in [2.75, 3.05) is 7.11 Å². The monoisotopic (exact) mass is 288 g/mol. The van der Waals surface area contributed by atoms with Crippen molar-refractivity contribution in [3.8, 4) is 0 Å². The van der Waals surface area contributed by atoms with E-state index >= 15 is 0 Å². The summed E-state index contributed by atoms with van der Waals surface area (Å²) in [5.41, 5.74) is 0.587. The van der Waals surface area contributed by atoms with Crippen molar-refractivity contribution < 1.29 is 9.53 Å². The van der Waals surface area contributed by atoms with Crippen molar-refractivity contribution >= 4 is 21.7 Å². The Labute approximate surface area is 104 Å². The van der Waals surface area contributed by atoms with Crippen LogP contribution in [0.25, 0.3) is 0 Å². The summed E-state index contributed by atoms with van der Waals surface area (Å²) in [6, 6.07) is 0.152. The molecule has 1 aromatic heterocycles. The number of carbonyl (C=O) groups excluding carboxylic acids is 1. The second kappa shape index (κ2) is 5.59. The van der Waals surface area contributed by atoms with Crippen LogP contribution in [0.1, 0.15) is 43.7 Å². The molecular weight excluding hydrogens is 272 g/mol. The zero-order valence-electron chi connectivity index (χ0n) is 10.0. The minimum Gasteiger partial charge on any atom is -0.373 e. The van der Waals surface area contributed by atoms with Gasteiger partial charge in [-0.3, -0.25) is 9.48 Å². The maximum absolute atomic E-state index is 12.2. The molecule has 4 nitrogen and oxygen atoms in total. The molecule has 90 valence electrons. The maximum Gasteiger partial charge on any atom is 0.210 e. The van der Waals surface area contributed by atoms with Crippen LogP contribution >= 0.6 is 15.9 Å². The van der Waals surface area contributed by atoms with Gasteiger partial charge in [-0.2, -0.15) is 5.10 Å². The number of aromatic nitrogens is 2. The van der Waals surface area contributed by atoms with Gasteiger partial charge in [-0.1, -0.05) is 6.92 Å². The summed E-state index contributed by atoms with van der Waals surface area (Å²) in [6.07, 6.45) is 1.91. The van der Waals surface area contributed by atoms with Crippen molar-refractivity contribution in [1.82, 2.24) is 9.78 Å². The molecule has 16 heavy (non-hydrogen) atoms. The Hall–Kier alpha value is -0.680. The molecule has 0 aromatic carbocycles. The number of nitrogens with zero attached hydrogens (tertiary/aromatic N) is 2. The van der Waals surface area contributed by atoms with E-state index in [2.05, 4.69) is 21.0 Å². The topological polar surface area (TPSA) is 44.1 Å². The molecule has 0 aliphatic heterocycles. The zero-order valence-corrected chi connectivity index (χ0v) is 11.6. The molecule has 1 rings (SSSR count). The first-order valence-corrected chi connectivity index (χ1v) is 6.12. The normalized spacial score (nSPS) is 13.1. The fraction of sp³-hybridized carbons (Fsp3) is 0.636. The molecule has 1 heterocycles. The summed E-state index contributed by atoms with van der Waals surface area (Å²) < 4.78 is 7.60. The molecule has 1 unspecified atom stereocenters. The third kappa shape index (κ3) is 2.52. The van der Waals surface area contributed by atoms with E-state index in [0.29, 0.717) is 12.1 Å². The average Bonchev–Trinajstić information content (AvgIpc) is 2.61. The number of halogens is 1. The summed E-state index contributed by atoms with van der Waals surface area (Å²) in [4.78, 5) is 12.2. The van der Waals surface area contributed by atoms with Gasteiger partial charge in [0.05, 0.1) is 10.7 Å². The van der Waals surface area contributed by atoms with Crippen molar-refractivity contribution in [3.05, 3.63) is 16.4 Å². The van der Waals surface area contributed by atoms with Crippen LogP contribution in [-0.4, -0.2) is 28.8 Å². The van der Waals surface area contributed by atoms with E-state index in [-0.39, 0.29) is 11.8 Å². The highest BCUT2D eigenvalue weighted by atomic mass is 79.9. The van der Waals surface area contributed by atoms with Gasteiger partial charge >= 0.3 is 0 Å². The van der Waals surface area contributed by atoms with Gasteiger partial charge in [0, 0.05) is 13.2 Å². The molecule has 0 N–H and O–H groups in total. The van der Waals surface area contributed by atoms with Gasteiger partial charge in [0.2, 0.25) is 5.78 Å². The van der Waals surface area contributed by atoms with Gasteiger partial charge in [-0.05, 0) is 36.2 Å². The standard InChI is InChI=1S/C11H17BrN2O2/c1-5-9(16-4)11(15)10-8(12)6-13-14(10)7(2)3/h6-7,9H,5H2,1-4H3. The fourth-order valence-corrected chi connectivity index (χ4v) is 2.04. The van der Waals surface area contributed by atoms with E-state index < -0.39 is 6.10 Å². The minimum absolute atomic E-state index is 0.0249. The largest absolute Gasteiger partial charge is 0.373 e. The molecule has 0 amide bonds. The molecule has 0 aliphatic carbocycles. The molecule has 0 fully saturated rings. The molecule has 0 saturated carbocycles. The maximum atomic E-state index is 12.2. The van der Waals surface area contributed by atoms with Gasteiger partial charge in [0.1, 0.15) is 11.8 Å². The van der Waals surface area contributed by atoms with Crippen LogP contribution < -0.4 is 0 Å². The first kappa shape index (κ1) is 13.4. The highest BCUT2D eigenvalue weighted by Crippen LogP contribution is 2.22. The summed E-state index contributed by atoms with van der Waals surface area (Å²) in [7, 11) is 1.55. The van der Waals surface area contributed by atoms with Crippen LogP contribution in [0.4, 0.5) is 0 Å². The molecule has 0 aliphatic rings. The molecule has 1 aromatic rings. The first-order valence-electron chi connectivity index (χ1n) is 5.32. The molecule has 5 heteroatoms. The number of Topliss-reactive ketones (excluding diaryl/α,β-unsaturated/α-hetero) is 1. The lowest BCUT2D eigenvalue weighted by atomic mass is 10.1. The molecule has 0 radical (unpaired) electrons. The Kier molecular flexibility index (Phi) is 4.68. The first-order chi connectivity index (χ1) is 7.52. The third-order valence-electron chi connectivity index (χ3n) is 2.42. The number of ether oxygens (including phenoxy) is 1. The Morgan fingerprint density at radius 3 is 2.69 bits per heavy atom. The molecule has 0 bridgehead atoms. The number of ketones is 1. The summed E-state index contributed by atoms with van der Waals surface area (Å²) in [5, 5.41) is 4.18. The SMILES string of the molecule is CCC(OC)C(=O)c1c(Br)cnn1C(C)C. The van der Waals surface area contributed by atoms with E-state index in [0.717, 1.165) is 4.47 Å². The van der Waals surface area contributed by atoms with Gasteiger partial charge in [-0.15, -0.1) is 0 Å². The highest BCUT2D eigenvalue weighted by molar-refractivity contribution is 9.10. The second-order valence-electron chi connectivity index (χ2n) is 3.88.